The first-order valence-electron chi connectivity index (χ1n) is 7.13. The van der Waals surface area contributed by atoms with E-state index in [-0.39, 0.29) is 24.5 Å². The van der Waals surface area contributed by atoms with Crippen molar-refractivity contribution in [3.8, 4) is 0 Å². The van der Waals surface area contributed by atoms with Crippen LogP contribution in [-0.4, -0.2) is 50.8 Å². The van der Waals surface area contributed by atoms with Crippen LogP contribution < -0.4 is 10.6 Å². The first kappa shape index (κ1) is 18.9. The van der Waals surface area contributed by atoms with Crippen molar-refractivity contribution in [2.75, 3.05) is 33.0 Å². The summed E-state index contributed by atoms with van der Waals surface area (Å²) in [6.07, 6.45) is 0.536. The molecule has 0 aliphatic rings. The molecule has 0 bridgehead atoms. The maximum Gasteiger partial charge on any atom is 0.246 e. The molecule has 2 amide bonds. The smallest absolute Gasteiger partial charge is 0.246 e. The van der Waals surface area contributed by atoms with E-state index in [1.54, 1.807) is 0 Å². The van der Waals surface area contributed by atoms with Crippen LogP contribution in [0.25, 0.3) is 0 Å². The van der Waals surface area contributed by atoms with Gasteiger partial charge in [0.25, 0.3) is 0 Å². The van der Waals surface area contributed by atoms with Gasteiger partial charge in [-0.2, -0.15) is 0 Å². The summed E-state index contributed by atoms with van der Waals surface area (Å²) in [4.78, 5) is 22.5. The predicted molar refractivity (Wildman–Crippen MR) is 77.4 cm³/mol. The standard InChI is InChI=1S/C14H28N2O4/c1-11(2)9-13(17)15-5-6-19-7-8-20-10-14(18)16-12(3)4/h11-12H,5-10H2,1-4H3,(H,15,17)(H,16,18). The van der Waals surface area contributed by atoms with Gasteiger partial charge in [-0.1, -0.05) is 13.8 Å². The zero-order valence-corrected chi connectivity index (χ0v) is 13.0. The summed E-state index contributed by atoms with van der Waals surface area (Å²) in [6, 6.07) is 0.122. The maximum atomic E-state index is 11.3. The van der Waals surface area contributed by atoms with Crippen molar-refractivity contribution in [1.82, 2.24) is 10.6 Å². The molecule has 2 N–H and O–H groups in total. The van der Waals surface area contributed by atoms with Gasteiger partial charge in [-0.25, -0.2) is 0 Å². The Kier molecular flexibility index (Phi) is 11.0. The maximum absolute atomic E-state index is 11.3. The second kappa shape index (κ2) is 11.7. The summed E-state index contributed by atoms with van der Waals surface area (Å²) < 4.78 is 10.4. The summed E-state index contributed by atoms with van der Waals surface area (Å²) in [6.45, 7) is 9.58. The van der Waals surface area contributed by atoms with Crippen molar-refractivity contribution in [2.45, 2.75) is 40.2 Å². The SMILES string of the molecule is CC(C)CC(=O)NCCOCCOCC(=O)NC(C)C. The Balaban J connectivity index is 3.29. The van der Waals surface area contributed by atoms with Gasteiger partial charge < -0.3 is 20.1 Å². The van der Waals surface area contributed by atoms with E-state index in [0.29, 0.717) is 38.7 Å². The Morgan fingerprint density at radius 3 is 2.20 bits per heavy atom. The highest BCUT2D eigenvalue weighted by Gasteiger charge is 2.04. The van der Waals surface area contributed by atoms with Crippen LogP contribution in [0.1, 0.15) is 34.1 Å². The van der Waals surface area contributed by atoms with E-state index in [2.05, 4.69) is 10.6 Å². The lowest BCUT2D eigenvalue weighted by atomic mass is 10.1. The van der Waals surface area contributed by atoms with Crippen LogP contribution in [0.3, 0.4) is 0 Å². The summed E-state index contributed by atoms with van der Waals surface area (Å²) in [5.74, 6) is 0.285. The molecule has 0 fully saturated rings. The van der Waals surface area contributed by atoms with Crippen LogP contribution in [-0.2, 0) is 19.1 Å². The summed E-state index contributed by atoms with van der Waals surface area (Å²) >= 11 is 0. The quantitative estimate of drug-likeness (QED) is 0.549. The zero-order valence-electron chi connectivity index (χ0n) is 13.0. The molecule has 0 aromatic carbocycles. The molecule has 0 aliphatic carbocycles. The van der Waals surface area contributed by atoms with E-state index in [1.807, 2.05) is 27.7 Å². The molecule has 0 aromatic rings. The molecule has 0 aliphatic heterocycles. The highest BCUT2D eigenvalue weighted by Crippen LogP contribution is 1.97. The van der Waals surface area contributed by atoms with Crippen molar-refractivity contribution < 1.29 is 19.1 Å². The number of hydrogen-bond donors (Lipinski definition) is 2. The number of amides is 2. The molecule has 20 heavy (non-hydrogen) atoms. The molecule has 6 nitrogen and oxygen atoms in total. The largest absolute Gasteiger partial charge is 0.377 e. The van der Waals surface area contributed by atoms with E-state index in [9.17, 15) is 9.59 Å². The monoisotopic (exact) mass is 288 g/mol. The summed E-state index contributed by atoms with van der Waals surface area (Å²) in [5, 5.41) is 5.51. The number of nitrogens with one attached hydrogen (secondary N) is 2. The lowest BCUT2D eigenvalue weighted by Crippen LogP contribution is -2.33. The lowest BCUT2D eigenvalue weighted by molar-refractivity contribution is -0.127. The first-order valence-corrected chi connectivity index (χ1v) is 7.13. The van der Waals surface area contributed by atoms with E-state index in [0.717, 1.165) is 0 Å². The third-order valence-corrected chi connectivity index (χ3v) is 2.22. The van der Waals surface area contributed by atoms with Crippen molar-refractivity contribution in [3.05, 3.63) is 0 Å². The molecule has 0 rings (SSSR count). The van der Waals surface area contributed by atoms with Gasteiger partial charge >= 0.3 is 0 Å². The van der Waals surface area contributed by atoms with E-state index >= 15 is 0 Å². The minimum atomic E-state index is -0.124. The number of ether oxygens (including phenoxy) is 2. The topological polar surface area (TPSA) is 76.7 Å². The zero-order chi connectivity index (χ0) is 15.4. The molecule has 118 valence electrons. The second-order valence-corrected chi connectivity index (χ2v) is 5.34. The third kappa shape index (κ3) is 13.3. The molecule has 0 heterocycles. The Hall–Kier alpha value is -1.14. The van der Waals surface area contributed by atoms with Crippen LogP contribution in [0.4, 0.5) is 0 Å². The Bertz CT molecular complexity index is 252. The van der Waals surface area contributed by atoms with Crippen molar-refractivity contribution in [2.24, 2.45) is 5.92 Å². The minimum Gasteiger partial charge on any atom is -0.377 e. The second-order valence-electron chi connectivity index (χ2n) is 5.34. The first-order chi connectivity index (χ1) is 9.41. The molecular formula is C14H28N2O4. The van der Waals surface area contributed by atoms with Crippen molar-refractivity contribution >= 4 is 11.8 Å². The highest BCUT2D eigenvalue weighted by atomic mass is 16.5. The van der Waals surface area contributed by atoms with Gasteiger partial charge in [0.15, 0.2) is 0 Å². The molecular weight excluding hydrogens is 260 g/mol. The molecule has 0 unspecified atom stereocenters. The average molecular weight is 288 g/mol. The van der Waals surface area contributed by atoms with E-state index in [4.69, 9.17) is 9.47 Å². The van der Waals surface area contributed by atoms with Crippen LogP contribution in [0, 0.1) is 5.92 Å². The lowest BCUT2D eigenvalue weighted by Gasteiger charge is -2.09. The Morgan fingerprint density at radius 1 is 0.950 bits per heavy atom. The van der Waals surface area contributed by atoms with Gasteiger partial charge in [-0.3, -0.25) is 9.59 Å². The van der Waals surface area contributed by atoms with Gasteiger partial charge in [-0.15, -0.1) is 0 Å². The fraction of sp³-hybridized carbons (Fsp3) is 0.857. The number of hydrogen-bond acceptors (Lipinski definition) is 4. The molecule has 0 radical (unpaired) electrons. The predicted octanol–water partition coefficient (Wildman–Crippen LogP) is 0.707. The Morgan fingerprint density at radius 2 is 1.60 bits per heavy atom. The minimum absolute atomic E-state index is 0.0465. The molecule has 0 atom stereocenters. The summed E-state index contributed by atoms with van der Waals surface area (Å²) in [5.41, 5.74) is 0. The molecule has 6 heteroatoms. The number of carbonyl (C=O) groups excluding carboxylic acids is 2. The van der Waals surface area contributed by atoms with Gasteiger partial charge in [0.05, 0.1) is 19.8 Å². The van der Waals surface area contributed by atoms with Gasteiger partial charge in [0.1, 0.15) is 6.61 Å². The van der Waals surface area contributed by atoms with Crippen LogP contribution in [0.2, 0.25) is 0 Å². The highest BCUT2D eigenvalue weighted by molar-refractivity contribution is 5.77. The fourth-order valence-corrected chi connectivity index (χ4v) is 1.45. The summed E-state index contributed by atoms with van der Waals surface area (Å²) in [7, 11) is 0. The van der Waals surface area contributed by atoms with E-state index < -0.39 is 0 Å². The number of carbonyl (C=O) groups is 2. The Labute approximate surface area is 121 Å². The molecule has 0 aromatic heterocycles. The third-order valence-electron chi connectivity index (χ3n) is 2.22. The fourth-order valence-electron chi connectivity index (χ4n) is 1.45. The van der Waals surface area contributed by atoms with Crippen molar-refractivity contribution in [1.29, 1.82) is 0 Å². The average Bonchev–Trinajstić information content (AvgIpc) is 2.30. The van der Waals surface area contributed by atoms with Crippen LogP contribution >= 0.6 is 0 Å². The van der Waals surface area contributed by atoms with Crippen LogP contribution in [0.15, 0.2) is 0 Å². The molecule has 0 saturated heterocycles. The van der Waals surface area contributed by atoms with Crippen molar-refractivity contribution in [3.63, 3.8) is 0 Å². The molecule has 0 saturated carbocycles. The normalized spacial score (nSPS) is 10.9. The van der Waals surface area contributed by atoms with Gasteiger partial charge in [0.2, 0.25) is 11.8 Å². The number of rotatable bonds is 11. The van der Waals surface area contributed by atoms with Gasteiger partial charge in [-0.05, 0) is 19.8 Å². The van der Waals surface area contributed by atoms with E-state index in [1.165, 1.54) is 0 Å². The van der Waals surface area contributed by atoms with Crippen LogP contribution in [0.5, 0.6) is 0 Å². The van der Waals surface area contributed by atoms with Gasteiger partial charge in [0, 0.05) is 19.0 Å². The molecule has 0 spiro atoms.